The fourth-order valence-corrected chi connectivity index (χ4v) is 4.13. The molecular formula is C9H14BrNO2S2. The Morgan fingerprint density at radius 1 is 1.53 bits per heavy atom. The summed E-state index contributed by atoms with van der Waals surface area (Å²) in [5.74, 6) is 0.364. The molecule has 1 atom stereocenters. The van der Waals surface area contributed by atoms with E-state index in [9.17, 15) is 8.42 Å². The van der Waals surface area contributed by atoms with E-state index < -0.39 is 10.0 Å². The smallest absolute Gasteiger partial charge is 0.210 e. The van der Waals surface area contributed by atoms with Gasteiger partial charge in [0.05, 0.1) is 3.79 Å². The predicted molar refractivity (Wildman–Crippen MR) is 66.7 cm³/mol. The third-order valence-corrected chi connectivity index (χ3v) is 5.67. The first-order valence-electron chi connectivity index (χ1n) is 4.70. The van der Waals surface area contributed by atoms with Gasteiger partial charge in [-0.25, -0.2) is 13.1 Å². The Hall–Kier alpha value is 0.0900. The number of hydrogen-bond donors (Lipinski definition) is 1. The lowest BCUT2D eigenvalue weighted by Gasteiger charge is -2.09. The number of rotatable bonds is 5. The summed E-state index contributed by atoms with van der Waals surface area (Å²) in [5, 5.41) is 0. The molecule has 86 valence electrons. The van der Waals surface area contributed by atoms with E-state index in [0.29, 0.717) is 16.7 Å². The number of halogens is 1. The van der Waals surface area contributed by atoms with Crippen molar-refractivity contribution in [2.45, 2.75) is 24.5 Å². The molecular weight excluding hydrogens is 298 g/mol. The molecule has 1 N–H and O–H groups in total. The average molecular weight is 312 g/mol. The van der Waals surface area contributed by atoms with Crippen LogP contribution >= 0.6 is 27.3 Å². The van der Waals surface area contributed by atoms with Crippen LogP contribution in [0.25, 0.3) is 0 Å². The predicted octanol–water partition coefficient (Wildman–Crippen LogP) is 2.84. The van der Waals surface area contributed by atoms with Gasteiger partial charge >= 0.3 is 0 Å². The lowest BCUT2D eigenvalue weighted by atomic mass is 10.1. The van der Waals surface area contributed by atoms with Gasteiger partial charge in [0.1, 0.15) is 4.21 Å². The van der Waals surface area contributed by atoms with Crippen LogP contribution in [-0.4, -0.2) is 15.0 Å². The fourth-order valence-electron chi connectivity index (χ4n) is 0.910. The molecule has 0 bridgehead atoms. The first-order chi connectivity index (χ1) is 6.95. The second kappa shape index (κ2) is 5.43. The zero-order valence-electron chi connectivity index (χ0n) is 8.66. The van der Waals surface area contributed by atoms with Crippen molar-refractivity contribution in [3.63, 3.8) is 0 Å². The van der Waals surface area contributed by atoms with Crippen molar-refractivity contribution in [3.05, 3.63) is 15.9 Å². The fraction of sp³-hybridized carbons (Fsp3) is 0.556. The van der Waals surface area contributed by atoms with Crippen LogP contribution in [0.2, 0.25) is 0 Å². The molecule has 3 nitrogen and oxygen atoms in total. The first kappa shape index (κ1) is 13.2. The highest BCUT2D eigenvalue weighted by atomic mass is 79.9. The summed E-state index contributed by atoms with van der Waals surface area (Å²) in [5.41, 5.74) is 0. The minimum absolute atomic E-state index is 0.359. The molecule has 1 aromatic heterocycles. The molecule has 15 heavy (non-hydrogen) atoms. The molecule has 0 saturated heterocycles. The molecule has 6 heteroatoms. The van der Waals surface area contributed by atoms with Gasteiger partial charge in [-0.1, -0.05) is 20.3 Å². The molecule has 1 heterocycles. The van der Waals surface area contributed by atoms with Crippen LogP contribution in [0.5, 0.6) is 0 Å². The summed E-state index contributed by atoms with van der Waals surface area (Å²) >= 11 is 4.46. The van der Waals surface area contributed by atoms with Crippen LogP contribution in [0.4, 0.5) is 0 Å². The molecule has 0 aliphatic carbocycles. The van der Waals surface area contributed by atoms with E-state index in [2.05, 4.69) is 20.7 Å². The molecule has 0 aliphatic rings. The van der Waals surface area contributed by atoms with Crippen LogP contribution in [-0.2, 0) is 10.0 Å². The maximum absolute atomic E-state index is 11.7. The zero-order valence-corrected chi connectivity index (χ0v) is 11.9. The van der Waals surface area contributed by atoms with E-state index in [1.165, 1.54) is 11.3 Å². The average Bonchev–Trinajstić information content (AvgIpc) is 2.62. The highest BCUT2D eigenvalue weighted by molar-refractivity contribution is 9.11. The topological polar surface area (TPSA) is 46.2 Å². The molecule has 0 aromatic carbocycles. The van der Waals surface area contributed by atoms with Gasteiger partial charge in [0.2, 0.25) is 10.0 Å². The Labute approximate surface area is 103 Å². The Bertz CT molecular complexity index is 414. The van der Waals surface area contributed by atoms with Crippen LogP contribution in [0.15, 0.2) is 20.1 Å². The molecule has 0 radical (unpaired) electrons. The summed E-state index contributed by atoms with van der Waals surface area (Å²) in [7, 11) is -3.31. The van der Waals surface area contributed by atoms with Crippen molar-refractivity contribution in [1.82, 2.24) is 4.72 Å². The summed E-state index contributed by atoms with van der Waals surface area (Å²) in [6.07, 6.45) is 0.969. The van der Waals surface area contributed by atoms with E-state index in [4.69, 9.17) is 0 Å². The van der Waals surface area contributed by atoms with E-state index >= 15 is 0 Å². The Morgan fingerprint density at radius 3 is 2.67 bits per heavy atom. The maximum atomic E-state index is 11.7. The number of thiophene rings is 1. The summed E-state index contributed by atoms with van der Waals surface area (Å²) in [6, 6.07) is 3.34. The van der Waals surface area contributed by atoms with Crippen molar-refractivity contribution in [2.24, 2.45) is 5.92 Å². The number of sulfonamides is 1. The van der Waals surface area contributed by atoms with Gasteiger partial charge in [-0.3, -0.25) is 0 Å². The van der Waals surface area contributed by atoms with Crippen molar-refractivity contribution in [1.29, 1.82) is 0 Å². The second-order valence-corrected chi connectivity index (χ2v) is 7.88. The number of nitrogens with one attached hydrogen (secondary N) is 1. The molecule has 0 saturated carbocycles. The van der Waals surface area contributed by atoms with E-state index in [1.54, 1.807) is 12.1 Å². The molecule has 0 amide bonds. The molecule has 0 fully saturated rings. The Morgan fingerprint density at radius 2 is 2.20 bits per heavy atom. The van der Waals surface area contributed by atoms with Crippen molar-refractivity contribution in [3.8, 4) is 0 Å². The van der Waals surface area contributed by atoms with Crippen LogP contribution in [0.3, 0.4) is 0 Å². The SMILES string of the molecule is CCC(C)CNS(=O)(=O)c1ccc(Br)s1. The number of hydrogen-bond acceptors (Lipinski definition) is 3. The third kappa shape index (κ3) is 3.86. The summed E-state index contributed by atoms with van der Waals surface area (Å²) < 4.78 is 27.3. The van der Waals surface area contributed by atoms with Gasteiger partial charge in [0.15, 0.2) is 0 Å². The summed E-state index contributed by atoms with van der Waals surface area (Å²) in [4.78, 5) is 0. The lowest BCUT2D eigenvalue weighted by Crippen LogP contribution is -2.27. The Kier molecular flexibility index (Phi) is 4.76. The monoisotopic (exact) mass is 311 g/mol. The van der Waals surface area contributed by atoms with Crippen molar-refractivity contribution < 1.29 is 8.42 Å². The van der Waals surface area contributed by atoms with Gasteiger partial charge in [0.25, 0.3) is 0 Å². The van der Waals surface area contributed by atoms with Crippen LogP contribution in [0.1, 0.15) is 20.3 Å². The standard InChI is InChI=1S/C9H14BrNO2S2/c1-3-7(2)6-11-15(12,13)9-5-4-8(10)14-9/h4-5,7,11H,3,6H2,1-2H3. The molecule has 1 unspecified atom stereocenters. The van der Waals surface area contributed by atoms with Crippen LogP contribution < -0.4 is 4.72 Å². The quantitative estimate of drug-likeness (QED) is 0.909. The van der Waals surface area contributed by atoms with Gasteiger partial charge < -0.3 is 0 Å². The third-order valence-electron chi connectivity index (χ3n) is 2.13. The van der Waals surface area contributed by atoms with E-state index in [1.807, 2.05) is 13.8 Å². The first-order valence-corrected chi connectivity index (χ1v) is 7.80. The highest BCUT2D eigenvalue weighted by Crippen LogP contribution is 2.25. The van der Waals surface area contributed by atoms with Gasteiger partial charge in [-0.05, 0) is 34.0 Å². The van der Waals surface area contributed by atoms with Crippen molar-refractivity contribution >= 4 is 37.3 Å². The largest absolute Gasteiger partial charge is 0.250 e. The van der Waals surface area contributed by atoms with Gasteiger partial charge in [0, 0.05) is 6.54 Å². The van der Waals surface area contributed by atoms with Crippen molar-refractivity contribution in [2.75, 3.05) is 6.54 Å². The normalized spacial score (nSPS) is 14.1. The lowest BCUT2D eigenvalue weighted by molar-refractivity contribution is 0.529. The minimum atomic E-state index is -3.31. The van der Waals surface area contributed by atoms with Crippen LogP contribution in [0, 0.1) is 5.92 Å². The molecule has 1 aromatic rings. The summed E-state index contributed by atoms with van der Waals surface area (Å²) in [6.45, 7) is 4.56. The second-order valence-electron chi connectivity index (χ2n) is 3.42. The Balaban J connectivity index is 2.68. The molecule has 1 rings (SSSR count). The maximum Gasteiger partial charge on any atom is 0.250 e. The van der Waals surface area contributed by atoms with E-state index in [-0.39, 0.29) is 0 Å². The molecule has 0 aliphatic heterocycles. The molecule has 0 spiro atoms. The minimum Gasteiger partial charge on any atom is -0.210 e. The van der Waals surface area contributed by atoms with Gasteiger partial charge in [-0.2, -0.15) is 0 Å². The van der Waals surface area contributed by atoms with Gasteiger partial charge in [-0.15, -0.1) is 11.3 Å². The van der Waals surface area contributed by atoms with E-state index in [0.717, 1.165) is 10.2 Å². The zero-order chi connectivity index (χ0) is 11.5. The highest BCUT2D eigenvalue weighted by Gasteiger charge is 2.16.